The van der Waals surface area contributed by atoms with Gasteiger partial charge in [0.1, 0.15) is 36.3 Å². The molecule has 0 spiro atoms. The van der Waals surface area contributed by atoms with Crippen LogP contribution in [-0.4, -0.2) is 137 Å². The highest BCUT2D eigenvalue weighted by Gasteiger charge is 2.40. The summed E-state index contributed by atoms with van der Waals surface area (Å²) < 4.78 is 0. The Morgan fingerprint density at radius 1 is 0.800 bits per heavy atom. The maximum atomic E-state index is 14.0. The maximum Gasteiger partial charge on any atom is 0.326 e. The molecule has 0 aromatic heterocycles. The van der Waals surface area contributed by atoms with Gasteiger partial charge in [-0.15, -0.1) is 0 Å². The Morgan fingerprint density at radius 3 is 2.03 bits per heavy atom. The first-order valence-electron chi connectivity index (χ1n) is 20.5. The Hall–Kier alpha value is -5.79. The van der Waals surface area contributed by atoms with Gasteiger partial charge >= 0.3 is 5.97 Å². The van der Waals surface area contributed by atoms with Gasteiger partial charge in [-0.3, -0.25) is 38.6 Å². The molecule has 2 fully saturated rings. The Kier molecular flexibility index (Phi) is 19.2. The van der Waals surface area contributed by atoms with Gasteiger partial charge in [-0.05, 0) is 62.3 Å². The van der Waals surface area contributed by atoms with Crippen LogP contribution in [0.15, 0.2) is 35.3 Å². The van der Waals surface area contributed by atoms with Gasteiger partial charge in [0.2, 0.25) is 41.4 Å². The van der Waals surface area contributed by atoms with Crippen LogP contribution < -0.4 is 43.8 Å². The molecule has 1 aromatic rings. The molecular weight excluding hydrogens is 779 g/mol. The average molecular weight is 842 g/mol. The monoisotopic (exact) mass is 841 g/mol. The average Bonchev–Trinajstić information content (AvgIpc) is 3.90. The molecule has 2 aliphatic heterocycles. The van der Waals surface area contributed by atoms with Crippen LogP contribution in [-0.2, 0) is 44.8 Å². The number of likely N-dealkylation sites (tertiary alicyclic amines) is 2. The summed E-state index contributed by atoms with van der Waals surface area (Å²) in [4.78, 5) is 112. The molecule has 0 saturated carbocycles. The van der Waals surface area contributed by atoms with E-state index in [1.165, 1.54) is 9.80 Å². The van der Waals surface area contributed by atoms with Crippen molar-refractivity contribution >= 4 is 53.3 Å². The van der Waals surface area contributed by atoms with E-state index in [-0.39, 0.29) is 63.7 Å². The summed E-state index contributed by atoms with van der Waals surface area (Å²) >= 11 is 0. The molecule has 20 heteroatoms. The van der Waals surface area contributed by atoms with Crippen molar-refractivity contribution in [2.75, 3.05) is 32.7 Å². The third-order valence-corrected chi connectivity index (χ3v) is 10.4. The fourth-order valence-corrected chi connectivity index (χ4v) is 7.31. The molecule has 20 nitrogen and oxygen atoms in total. The summed E-state index contributed by atoms with van der Waals surface area (Å²) in [6.07, 6.45) is 2.25. The minimum absolute atomic E-state index is 0.0546. The lowest BCUT2D eigenvalue weighted by molar-refractivity contribution is -0.148. The van der Waals surface area contributed by atoms with Crippen molar-refractivity contribution in [3.8, 4) is 0 Å². The summed E-state index contributed by atoms with van der Waals surface area (Å²) in [5, 5.41) is 22.9. The number of nitrogens with zero attached hydrogens (tertiary/aromatic N) is 3. The summed E-state index contributed by atoms with van der Waals surface area (Å²) in [6, 6.07) is 2.67. The van der Waals surface area contributed by atoms with Crippen LogP contribution in [0.2, 0.25) is 0 Å². The second-order valence-electron chi connectivity index (χ2n) is 15.9. The Balaban J connectivity index is 1.77. The molecule has 1 aromatic carbocycles. The minimum Gasteiger partial charge on any atom is -0.480 e. The SMILES string of the molecule is CC(C)C[C@H](NC(=O)[C@H](CCCN=C(N)N)NC(=O)[C@@H]1CCCN1C(=O)[C@H](Cc1ccccc1)NC(=O)CN)C(=O)N[C@H](C(=O)NCC(=O)N1CCC[C@H]1C(=O)O)C(C)C. The van der Waals surface area contributed by atoms with Crippen LogP contribution >= 0.6 is 0 Å². The van der Waals surface area contributed by atoms with Crippen LogP contribution in [0.1, 0.15) is 78.2 Å². The van der Waals surface area contributed by atoms with E-state index in [9.17, 15) is 43.5 Å². The highest BCUT2D eigenvalue weighted by molar-refractivity contribution is 5.97. The van der Waals surface area contributed by atoms with Crippen molar-refractivity contribution in [2.45, 2.75) is 115 Å². The molecule has 60 heavy (non-hydrogen) atoms. The molecule has 0 bridgehead atoms. The normalized spacial score (nSPS) is 18.2. The van der Waals surface area contributed by atoms with E-state index in [0.29, 0.717) is 25.7 Å². The lowest BCUT2D eigenvalue weighted by Crippen LogP contribution is -2.60. The molecule has 6 atom stereocenters. The van der Waals surface area contributed by atoms with Crippen LogP contribution in [0.5, 0.6) is 0 Å². The number of hydrogen-bond donors (Lipinski definition) is 9. The van der Waals surface area contributed by atoms with E-state index in [0.717, 1.165) is 5.56 Å². The number of aliphatic carboxylic acids is 1. The fraction of sp³-hybridized carbons (Fsp3) is 0.625. The first kappa shape index (κ1) is 48.6. The minimum atomic E-state index is -1.20. The summed E-state index contributed by atoms with van der Waals surface area (Å²) in [7, 11) is 0. The standard InChI is InChI=1S/C40H63N11O9/c1-23(2)19-27(35(55)49-33(24(3)4)37(57)45-22-32(53)50-17-10-15-30(50)39(59)60)48-34(54)26(13-8-16-44-40(42)43)47-36(56)29-14-9-18-51(29)38(58)28(46-31(52)21-41)20-25-11-6-5-7-12-25/h5-7,11-12,23-24,26-30,33H,8-10,13-22,41H2,1-4H3,(H,45,57)(H,46,52)(H,47,56)(H,48,54)(H,49,55)(H,59,60)(H4,42,43,44)/t26-,27-,28-,29-,30-,33-/m0/s1. The first-order valence-corrected chi connectivity index (χ1v) is 20.5. The van der Waals surface area contributed by atoms with E-state index in [1.54, 1.807) is 13.8 Å². The zero-order chi connectivity index (χ0) is 44.5. The number of carboxylic acids is 1. The van der Waals surface area contributed by atoms with Crippen molar-refractivity contribution in [1.29, 1.82) is 0 Å². The van der Waals surface area contributed by atoms with Crippen molar-refractivity contribution in [1.82, 2.24) is 36.4 Å². The van der Waals surface area contributed by atoms with Gasteiger partial charge in [0, 0.05) is 26.1 Å². The van der Waals surface area contributed by atoms with Crippen LogP contribution in [0, 0.1) is 11.8 Å². The molecule has 3 rings (SSSR count). The zero-order valence-electron chi connectivity index (χ0n) is 35.0. The van der Waals surface area contributed by atoms with Crippen molar-refractivity contribution in [2.24, 2.45) is 34.0 Å². The molecule has 0 unspecified atom stereocenters. The second-order valence-corrected chi connectivity index (χ2v) is 15.9. The Morgan fingerprint density at radius 2 is 1.43 bits per heavy atom. The molecule has 0 aliphatic carbocycles. The van der Waals surface area contributed by atoms with E-state index in [1.807, 2.05) is 44.2 Å². The number of carboxylic acid groups (broad SMARTS) is 1. The van der Waals surface area contributed by atoms with Crippen molar-refractivity contribution in [3.63, 3.8) is 0 Å². The number of guanidine groups is 1. The summed E-state index contributed by atoms with van der Waals surface area (Å²) in [5.74, 6) is -6.06. The first-order chi connectivity index (χ1) is 28.4. The fourth-order valence-electron chi connectivity index (χ4n) is 7.31. The van der Waals surface area contributed by atoms with E-state index < -0.39 is 96.0 Å². The van der Waals surface area contributed by atoms with E-state index in [2.05, 4.69) is 31.6 Å². The smallest absolute Gasteiger partial charge is 0.326 e. The number of benzene rings is 1. The Labute approximate surface area is 350 Å². The number of rotatable bonds is 22. The molecule has 12 N–H and O–H groups in total. The number of hydrogen-bond acceptors (Lipinski definition) is 10. The topological polar surface area (TPSA) is 314 Å². The number of nitrogens with two attached hydrogens (primary N) is 3. The van der Waals surface area contributed by atoms with Gasteiger partial charge in [-0.2, -0.15) is 0 Å². The van der Waals surface area contributed by atoms with Gasteiger partial charge < -0.3 is 58.7 Å². The predicted molar refractivity (Wildman–Crippen MR) is 221 cm³/mol. The number of aliphatic imine (C=N–C) groups is 1. The van der Waals surface area contributed by atoms with Gasteiger partial charge in [0.15, 0.2) is 5.96 Å². The van der Waals surface area contributed by atoms with Crippen LogP contribution in [0.25, 0.3) is 0 Å². The van der Waals surface area contributed by atoms with Gasteiger partial charge in [0.05, 0.1) is 13.1 Å². The van der Waals surface area contributed by atoms with E-state index >= 15 is 0 Å². The highest BCUT2D eigenvalue weighted by Crippen LogP contribution is 2.21. The predicted octanol–water partition coefficient (Wildman–Crippen LogP) is -1.93. The van der Waals surface area contributed by atoms with Crippen LogP contribution in [0.3, 0.4) is 0 Å². The lowest BCUT2D eigenvalue weighted by Gasteiger charge is -2.30. The van der Waals surface area contributed by atoms with Crippen molar-refractivity contribution in [3.05, 3.63) is 35.9 Å². The number of nitrogens with one attached hydrogen (secondary N) is 5. The number of carbonyl (C=O) groups is 8. The third-order valence-electron chi connectivity index (χ3n) is 10.4. The van der Waals surface area contributed by atoms with E-state index in [4.69, 9.17) is 17.2 Å². The largest absolute Gasteiger partial charge is 0.480 e. The van der Waals surface area contributed by atoms with Gasteiger partial charge in [0.25, 0.3) is 0 Å². The van der Waals surface area contributed by atoms with Gasteiger partial charge in [-0.25, -0.2) is 4.79 Å². The molecule has 2 saturated heterocycles. The quantitative estimate of drug-likeness (QED) is 0.0350. The highest BCUT2D eigenvalue weighted by atomic mass is 16.4. The number of carbonyl (C=O) groups excluding carboxylic acids is 7. The van der Waals surface area contributed by atoms with Crippen molar-refractivity contribution < 1.29 is 43.5 Å². The lowest BCUT2D eigenvalue weighted by atomic mass is 9.99. The molecule has 2 heterocycles. The molecule has 0 radical (unpaired) electrons. The molecule has 7 amide bonds. The molecular formula is C40H63N11O9. The number of amides is 7. The third kappa shape index (κ3) is 14.8. The summed E-state index contributed by atoms with van der Waals surface area (Å²) in [5.41, 5.74) is 17.3. The maximum absolute atomic E-state index is 14.0. The second kappa shape index (κ2) is 23.7. The Bertz CT molecular complexity index is 1700. The summed E-state index contributed by atoms with van der Waals surface area (Å²) in [6.45, 7) is 6.89. The zero-order valence-corrected chi connectivity index (χ0v) is 35.0. The molecule has 332 valence electrons. The van der Waals surface area contributed by atoms with Gasteiger partial charge in [-0.1, -0.05) is 58.0 Å². The molecule has 2 aliphatic rings. The van der Waals surface area contributed by atoms with Crippen LogP contribution in [0.4, 0.5) is 0 Å².